The molecule has 0 aliphatic carbocycles. The van der Waals surface area contributed by atoms with Crippen molar-refractivity contribution in [3.63, 3.8) is 0 Å². The van der Waals surface area contributed by atoms with Gasteiger partial charge in [-0.15, -0.1) is 0 Å². The van der Waals surface area contributed by atoms with Gasteiger partial charge in [0, 0.05) is 6.07 Å². The molecule has 2 rings (SSSR count). The molecular formula is C7H6O4. The number of hydrogen-bond donors (Lipinski definition) is 1. The lowest BCUT2D eigenvalue weighted by molar-refractivity contribution is -0.137. The third-order valence-corrected chi connectivity index (χ3v) is 1.45. The molecule has 0 fully saturated rings. The second-order valence-electron chi connectivity index (χ2n) is 2.11. The molecule has 4 nitrogen and oxygen atoms in total. The predicted molar refractivity (Wildman–Crippen MR) is 35.8 cm³/mol. The Morgan fingerprint density at radius 1 is 1.27 bits per heavy atom. The van der Waals surface area contributed by atoms with Gasteiger partial charge < -0.3 is 14.4 Å². The van der Waals surface area contributed by atoms with Crippen LogP contribution in [0, 0.1) is 0 Å². The molecule has 0 amide bonds. The first kappa shape index (κ1) is 6.30. The van der Waals surface area contributed by atoms with Crippen LogP contribution in [0.3, 0.4) is 0 Å². The average Bonchev–Trinajstić information content (AvgIpc) is 2.50. The van der Waals surface area contributed by atoms with Crippen LogP contribution in [0.25, 0.3) is 0 Å². The molecule has 1 N–H and O–H groups in total. The minimum Gasteiger partial charge on any atom is -0.454 e. The fourth-order valence-electron chi connectivity index (χ4n) is 0.934. The van der Waals surface area contributed by atoms with Gasteiger partial charge in [0.15, 0.2) is 17.2 Å². The van der Waals surface area contributed by atoms with E-state index in [2.05, 4.69) is 4.89 Å². The Labute approximate surface area is 62.9 Å². The second-order valence-corrected chi connectivity index (χ2v) is 2.11. The number of rotatable bonds is 1. The van der Waals surface area contributed by atoms with Gasteiger partial charge >= 0.3 is 0 Å². The number of fused-ring (bicyclic) bond motifs is 1. The predicted octanol–water partition coefficient (Wildman–Crippen LogP) is 1.27. The largest absolute Gasteiger partial charge is 0.454 e. The number of benzene rings is 1. The molecule has 58 valence electrons. The van der Waals surface area contributed by atoms with Crippen LogP contribution in [0.5, 0.6) is 17.2 Å². The molecule has 0 bridgehead atoms. The van der Waals surface area contributed by atoms with Crippen LogP contribution in [0.1, 0.15) is 0 Å². The van der Waals surface area contributed by atoms with E-state index < -0.39 is 0 Å². The van der Waals surface area contributed by atoms with Gasteiger partial charge in [0.2, 0.25) is 6.79 Å². The Kier molecular flexibility index (Phi) is 1.33. The van der Waals surface area contributed by atoms with Crippen molar-refractivity contribution in [3.8, 4) is 17.2 Å². The van der Waals surface area contributed by atoms with Crippen molar-refractivity contribution in [1.82, 2.24) is 0 Å². The minimum absolute atomic E-state index is 0.226. The van der Waals surface area contributed by atoms with Crippen molar-refractivity contribution in [2.45, 2.75) is 0 Å². The quantitative estimate of drug-likeness (QED) is 0.488. The van der Waals surface area contributed by atoms with Crippen LogP contribution in [-0.4, -0.2) is 12.1 Å². The molecule has 0 saturated heterocycles. The summed E-state index contributed by atoms with van der Waals surface area (Å²) < 4.78 is 10.1. The topological polar surface area (TPSA) is 47.9 Å². The molecule has 0 spiro atoms. The lowest BCUT2D eigenvalue weighted by atomic mass is 10.3. The first-order valence-electron chi connectivity index (χ1n) is 3.11. The summed E-state index contributed by atoms with van der Waals surface area (Å²) in [6, 6.07) is 4.82. The first-order chi connectivity index (χ1) is 5.40. The van der Waals surface area contributed by atoms with Crippen molar-refractivity contribution < 1.29 is 19.6 Å². The number of hydrogen-bond acceptors (Lipinski definition) is 4. The minimum atomic E-state index is 0.226. The van der Waals surface area contributed by atoms with Gasteiger partial charge in [0.05, 0.1) is 0 Å². The molecule has 1 aliphatic rings. The molecule has 1 aliphatic heterocycles. The lowest BCUT2D eigenvalue weighted by Crippen LogP contribution is -1.92. The van der Waals surface area contributed by atoms with Gasteiger partial charge in [-0.1, -0.05) is 0 Å². The summed E-state index contributed by atoms with van der Waals surface area (Å²) in [5.74, 6) is 1.61. The van der Waals surface area contributed by atoms with Gasteiger partial charge in [-0.3, -0.25) is 0 Å². The molecule has 0 unspecified atom stereocenters. The van der Waals surface area contributed by atoms with E-state index in [1.165, 1.54) is 0 Å². The highest BCUT2D eigenvalue weighted by molar-refractivity contribution is 5.46. The number of ether oxygens (including phenoxy) is 2. The summed E-state index contributed by atoms with van der Waals surface area (Å²) in [5.41, 5.74) is 0. The Hall–Kier alpha value is -1.42. The maximum absolute atomic E-state index is 8.27. The molecule has 4 heteroatoms. The smallest absolute Gasteiger partial charge is 0.231 e. The van der Waals surface area contributed by atoms with Gasteiger partial charge in [-0.2, -0.15) is 0 Å². The maximum atomic E-state index is 8.27. The third-order valence-electron chi connectivity index (χ3n) is 1.45. The maximum Gasteiger partial charge on any atom is 0.231 e. The van der Waals surface area contributed by atoms with E-state index in [4.69, 9.17) is 14.7 Å². The van der Waals surface area contributed by atoms with Crippen molar-refractivity contribution in [1.29, 1.82) is 0 Å². The van der Waals surface area contributed by atoms with Crippen LogP contribution in [0.2, 0.25) is 0 Å². The summed E-state index contributed by atoms with van der Waals surface area (Å²) in [6.45, 7) is 0.226. The molecular weight excluding hydrogens is 148 g/mol. The van der Waals surface area contributed by atoms with E-state index in [1.807, 2.05) is 0 Å². The zero-order valence-corrected chi connectivity index (χ0v) is 5.61. The van der Waals surface area contributed by atoms with Crippen LogP contribution in [0.4, 0.5) is 0 Å². The molecule has 0 aromatic heterocycles. The van der Waals surface area contributed by atoms with E-state index in [-0.39, 0.29) is 6.79 Å². The fourth-order valence-corrected chi connectivity index (χ4v) is 0.934. The normalized spacial score (nSPS) is 13.2. The third kappa shape index (κ3) is 0.969. The van der Waals surface area contributed by atoms with Crippen LogP contribution in [0.15, 0.2) is 18.2 Å². The molecule has 1 aromatic carbocycles. The Bertz CT molecular complexity index is 271. The molecule has 0 radical (unpaired) electrons. The van der Waals surface area contributed by atoms with Crippen LogP contribution in [-0.2, 0) is 0 Å². The van der Waals surface area contributed by atoms with Crippen molar-refractivity contribution in [3.05, 3.63) is 18.2 Å². The molecule has 1 heterocycles. The van der Waals surface area contributed by atoms with E-state index in [1.54, 1.807) is 18.2 Å². The zero-order valence-electron chi connectivity index (χ0n) is 5.61. The zero-order chi connectivity index (χ0) is 7.68. The Morgan fingerprint density at radius 2 is 2.09 bits per heavy atom. The average molecular weight is 154 g/mol. The summed E-state index contributed by atoms with van der Waals surface area (Å²) in [5, 5.41) is 8.27. The first-order valence-corrected chi connectivity index (χ1v) is 3.11. The van der Waals surface area contributed by atoms with Crippen molar-refractivity contribution in [2.24, 2.45) is 0 Å². The summed E-state index contributed by atoms with van der Waals surface area (Å²) >= 11 is 0. The highest BCUT2D eigenvalue weighted by atomic mass is 17.1. The van der Waals surface area contributed by atoms with Crippen molar-refractivity contribution >= 4 is 0 Å². The summed E-state index contributed by atoms with van der Waals surface area (Å²) in [6.07, 6.45) is 0. The van der Waals surface area contributed by atoms with E-state index >= 15 is 0 Å². The SMILES string of the molecule is OOc1ccc2c(c1)OCO2. The monoisotopic (exact) mass is 154 g/mol. The lowest BCUT2D eigenvalue weighted by Gasteiger charge is -1.97. The van der Waals surface area contributed by atoms with Gasteiger partial charge in [0.1, 0.15) is 0 Å². The second kappa shape index (κ2) is 2.32. The molecule has 1 aromatic rings. The van der Waals surface area contributed by atoms with E-state index in [9.17, 15) is 0 Å². The van der Waals surface area contributed by atoms with E-state index in [0.717, 1.165) is 0 Å². The Balaban J connectivity index is 2.41. The van der Waals surface area contributed by atoms with Gasteiger partial charge in [0.25, 0.3) is 0 Å². The summed E-state index contributed by atoms with van der Waals surface area (Å²) in [4.78, 5) is 4.00. The standard InChI is InChI=1S/C7H6O4/c8-11-5-1-2-6-7(3-5)10-4-9-6/h1-3,8H,4H2. The van der Waals surface area contributed by atoms with Crippen LogP contribution < -0.4 is 14.4 Å². The summed E-state index contributed by atoms with van der Waals surface area (Å²) in [7, 11) is 0. The molecule has 11 heavy (non-hydrogen) atoms. The highest BCUT2D eigenvalue weighted by Gasteiger charge is 2.13. The Morgan fingerprint density at radius 3 is 2.91 bits per heavy atom. The van der Waals surface area contributed by atoms with Gasteiger partial charge in [-0.25, -0.2) is 5.26 Å². The highest BCUT2D eigenvalue weighted by Crippen LogP contribution is 2.34. The molecule has 0 atom stereocenters. The fraction of sp³-hybridized carbons (Fsp3) is 0.143. The van der Waals surface area contributed by atoms with Crippen molar-refractivity contribution in [2.75, 3.05) is 6.79 Å². The molecule has 0 saturated carbocycles. The van der Waals surface area contributed by atoms with Gasteiger partial charge in [-0.05, 0) is 12.1 Å². The van der Waals surface area contributed by atoms with Crippen LogP contribution >= 0.6 is 0 Å². The van der Waals surface area contributed by atoms with E-state index in [0.29, 0.717) is 17.2 Å².